The Hall–Kier alpha value is -0.650. The first kappa shape index (κ1) is 24.6. The molecule has 2 aliphatic heterocycles. The molecule has 10 heteroatoms. The summed E-state index contributed by atoms with van der Waals surface area (Å²) in [5, 5.41) is 36.2. The number of allylic oxidation sites excluding steroid dienone is 1. The van der Waals surface area contributed by atoms with E-state index in [4.69, 9.17) is 22.1 Å². The maximum absolute atomic E-state index is 12.9. The summed E-state index contributed by atoms with van der Waals surface area (Å²) in [5.74, 6) is -0.264. The standard InChI is InChI=1S/C19H32ClN3O5S/c1-10(20)13(17-15(25)14(24)16(26)19(28-17)29-2)23-18(27)12-6-5-11(4-3-8-21)7-9-22-12/h3-5,10,12-17,19,22,24-26H,6-9,21H2,1-2H3,(H,23,27)/b4-3+. The van der Waals surface area contributed by atoms with Gasteiger partial charge in [0.05, 0.1) is 17.5 Å². The molecule has 0 aromatic carbocycles. The van der Waals surface area contributed by atoms with Crippen LogP contribution in [0, 0.1) is 0 Å². The van der Waals surface area contributed by atoms with E-state index >= 15 is 0 Å². The molecule has 2 heterocycles. The lowest BCUT2D eigenvalue weighted by Crippen LogP contribution is -2.65. The largest absolute Gasteiger partial charge is 0.388 e. The number of carbonyl (C=O) groups excluding carboxylic acids is 1. The lowest BCUT2D eigenvalue weighted by molar-refractivity contribution is -0.205. The van der Waals surface area contributed by atoms with E-state index in [9.17, 15) is 20.1 Å². The number of ether oxygens (including phenoxy) is 1. The lowest BCUT2D eigenvalue weighted by Gasteiger charge is -2.44. The second-order valence-electron chi connectivity index (χ2n) is 7.30. The van der Waals surface area contributed by atoms with Gasteiger partial charge in [-0.05, 0) is 32.6 Å². The van der Waals surface area contributed by atoms with Crippen LogP contribution in [0.25, 0.3) is 0 Å². The second kappa shape index (κ2) is 11.7. The maximum atomic E-state index is 12.9. The first-order chi connectivity index (χ1) is 13.8. The molecule has 0 aromatic rings. The molecule has 166 valence electrons. The van der Waals surface area contributed by atoms with E-state index in [1.54, 1.807) is 13.2 Å². The predicted molar refractivity (Wildman–Crippen MR) is 115 cm³/mol. The molecule has 0 radical (unpaired) electrons. The van der Waals surface area contributed by atoms with Crippen molar-refractivity contribution in [2.75, 3.05) is 19.3 Å². The highest BCUT2D eigenvalue weighted by Gasteiger charge is 2.48. The predicted octanol–water partition coefficient (Wildman–Crippen LogP) is -0.538. The van der Waals surface area contributed by atoms with Crippen molar-refractivity contribution in [3.05, 3.63) is 23.8 Å². The number of aliphatic hydroxyl groups is 3. The van der Waals surface area contributed by atoms with Crippen molar-refractivity contribution in [1.29, 1.82) is 0 Å². The van der Waals surface area contributed by atoms with Gasteiger partial charge in [-0.15, -0.1) is 23.4 Å². The smallest absolute Gasteiger partial charge is 0.237 e. The Labute approximate surface area is 180 Å². The van der Waals surface area contributed by atoms with Gasteiger partial charge in [-0.3, -0.25) is 4.79 Å². The van der Waals surface area contributed by atoms with Crippen LogP contribution < -0.4 is 16.4 Å². The number of amides is 1. The molecule has 0 saturated carbocycles. The third kappa shape index (κ3) is 6.41. The van der Waals surface area contributed by atoms with Crippen LogP contribution in [0.5, 0.6) is 0 Å². The van der Waals surface area contributed by atoms with Crippen LogP contribution in [0.3, 0.4) is 0 Å². The molecule has 2 aliphatic rings. The normalized spacial score (nSPS) is 35.6. The Bertz CT molecular complexity index is 604. The SMILES string of the molecule is CSC1OC(C(NC(=O)C2CC=C(/C=C/CN)CCN2)C(C)Cl)C(O)C(O)C1O. The highest BCUT2D eigenvalue weighted by atomic mass is 35.5. The molecule has 1 saturated heterocycles. The molecule has 0 aromatic heterocycles. The van der Waals surface area contributed by atoms with Gasteiger partial charge in [0, 0.05) is 6.54 Å². The van der Waals surface area contributed by atoms with E-state index in [0.29, 0.717) is 19.5 Å². The summed E-state index contributed by atoms with van der Waals surface area (Å²) in [7, 11) is 0. The highest BCUT2D eigenvalue weighted by Crippen LogP contribution is 2.30. The lowest BCUT2D eigenvalue weighted by atomic mass is 9.93. The van der Waals surface area contributed by atoms with Crippen LogP contribution in [0.1, 0.15) is 19.8 Å². The van der Waals surface area contributed by atoms with Gasteiger partial charge in [0.1, 0.15) is 29.9 Å². The van der Waals surface area contributed by atoms with Gasteiger partial charge in [0.15, 0.2) is 0 Å². The number of nitrogens with one attached hydrogen (secondary N) is 2. The van der Waals surface area contributed by atoms with Gasteiger partial charge < -0.3 is 36.4 Å². The molecule has 1 fully saturated rings. The molecule has 8 nitrogen and oxygen atoms in total. The molecule has 2 rings (SSSR count). The van der Waals surface area contributed by atoms with Crippen LogP contribution in [-0.2, 0) is 9.53 Å². The monoisotopic (exact) mass is 449 g/mol. The van der Waals surface area contributed by atoms with E-state index < -0.39 is 47.3 Å². The molecule has 0 aliphatic carbocycles. The van der Waals surface area contributed by atoms with Gasteiger partial charge in [-0.25, -0.2) is 0 Å². The number of hydrogen-bond donors (Lipinski definition) is 6. The minimum Gasteiger partial charge on any atom is -0.388 e. The number of thioether (sulfide) groups is 1. The Morgan fingerprint density at radius 2 is 2.17 bits per heavy atom. The first-order valence-corrected chi connectivity index (χ1v) is 11.5. The molecule has 1 amide bonds. The summed E-state index contributed by atoms with van der Waals surface area (Å²) in [6.07, 6.45) is 3.91. The quantitative estimate of drug-likeness (QED) is 0.285. The van der Waals surface area contributed by atoms with Crippen LogP contribution >= 0.6 is 23.4 Å². The number of aliphatic hydroxyl groups excluding tert-OH is 3. The van der Waals surface area contributed by atoms with Crippen molar-refractivity contribution in [3.63, 3.8) is 0 Å². The summed E-state index contributed by atoms with van der Waals surface area (Å²) in [6.45, 7) is 2.79. The zero-order valence-corrected chi connectivity index (χ0v) is 18.3. The summed E-state index contributed by atoms with van der Waals surface area (Å²) in [4.78, 5) is 12.9. The second-order valence-corrected chi connectivity index (χ2v) is 8.92. The highest BCUT2D eigenvalue weighted by molar-refractivity contribution is 7.99. The van der Waals surface area contributed by atoms with Crippen LogP contribution in [0.2, 0.25) is 0 Å². The Morgan fingerprint density at radius 3 is 2.79 bits per heavy atom. The third-order valence-electron chi connectivity index (χ3n) is 5.20. The molecule has 7 N–H and O–H groups in total. The molecule has 8 unspecified atom stereocenters. The number of carbonyl (C=O) groups is 1. The zero-order chi connectivity index (χ0) is 21.6. The Balaban J connectivity index is 2.09. The number of hydrogen-bond acceptors (Lipinski definition) is 8. The van der Waals surface area contributed by atoms with Gasteiger partial charge in [0.25, 0.3) is 0 Å². The van der Waals surface area contributed by atoms with Crippen molar-refractivity contribution in [3.8, 4) is 0 Å². The fourth-order valence-electron chi connectivity index (χ4n) is 3.50. The molecule has 0 bridgehead atoms. The molecule has 0 spiro atoms. The minimum absolute atomic E-state index is 0.264. The average Bonchev–Trinajstić information content (AvgIpc) is 2.95. The van der Waals surface area contributed by atoms with Crippen molar-refractivity contribution in [2.45, 2.75) is 67.1 Å². The zero-order valence-electron chi connectivity index (χ0n) is 16.7. The number of alkyl halides is 1. The van der Waals surface area contributed by atoms with Crippen molar-refractivity contribution in [2.24, 2.45) is 5.73 Å². The molecule has 29 heavy (non-hydrogen) atoms. The molecular weight excluding hydrogens is 418 g/mol. The topological polar surface area (TPSA) is 137 Å². The summed E-state index contributed by atoms with van der Waals surface area (Å²) >= 11 is 7.52. The van der Waals surface area contributed by atoms with E-state index in [1.807, 2.05) is 18.2 Å². The summed E-state index contributed by atoms with van der Waals surface area (Å²) in [6, 6.07) is -1.20. The average molecular weight is 450 g/mol. The van der Waals surface area contributed by atoms with E-state index in [2.05, 4.69) is 10.6 Å². The van der Waals surface area contributed by atoms with Crippen molar-refractivity contribution < 1.29 is 24.9 Å². The number of nitrogens with two attached hydrogens (primary N) is 1. The van der Waals surface area contributed by atoms with Crippen LogP contribution in [0.15, 0.2) is 23.8 Å². The van der Waals surface area contributed by atoms with E-state index in [0.717, 1.165) is 12.0 Å². The van der Waals surface area contributed by atoms with Gasteiger partial charge in [-0.2, -0.15) is 0 Å². The third-order valence-corrected chi connectivity index (χ3v) is 6.33. The van der Waals surface area contributed by atoms with E-state index in [-0.39, 0.29) is 5.91 Å². The molecular formula is C19H32ClN3O5S. The maximum Gasteiger partial charge on any atom is 0.237 e. The van der Waals surface area contributed by atoms with Crippen molar-refractivity contribution in [1.82, 2.24) is 10.6 Å². The Morgan fingerprint density at radius 1 is 1.45 bits per heavy atom. The Kier molecular flexibility index (Phi) is 9.90. The molecule has 8 atom stereocenters. The van der Waals surface area contributed by atoms with Crippen LogP contribution in [0.4, 0.5) is 0 Å². The summed E-state index contributed by atoms with van der Waals surface area (Å²) in [5.41, 5.74) is 5.87. The van der Waals surface area contributed by atoms with Gasteiger partial charge >= 0.3 is 0 Å². The summed E-state index contributed by atoms with van der Waals surface area (Å²) < 4.78 is 5.78. The van der Waals surface area contributed by atoms with Crippen molar-refractivity contribution >= 4 is 29.3 Å². The van der Waals surface area contributed by atoms with Crippen LogP contribution in [-0.4, -0.2) is 87.9 Å². The minimum atomic E-state index is -1.39. The number of rotatable bonds is 7. The van der Waals surface area contributed by atoms with E-state index in [1.165, 1.54) is 11.8 Å². The fraction of sp³-hybridized carbons (Fsp3) is 0.737. The first-order valence-electron chi connectivity index (χ1n) is 9.76. The fourth-order valence-corrected chi connectivity index (χ4v) is 4.39. The van der Waals surface area contributed by atoms with Gasteiger partial charge in [0.2, 0.25) is 5.91 Å². The van der Waals surface area contributed by atoms with Gasteiger partial charge in [-0.1, -0.05) is 23.8 Å². The number of halogens is 1.